The van der Waals surface area contributed by atoms with Gasteiger partial charge in [-0.1, -0.05) is 0 Å². The smallest absolute Gasteiger partial charge is 0.0795 e. The number of thioether (sulfide) groups is 1. The molecule has 1 spiro atoms. The maximum Gasteiger partial charge on any atom is 0.0795 e. The van der Waals surface area contributed by atoms with Crippen molar-refractivity contribution in [3.05, 3.63) is 0 Å². The molecule has 0 aromatic heterocycles. The molecule has 0 aromatic carbocycles. The van der Waals surface area contributed by atoms with E-state index in [1.165, 1.54) is 50.2 Å². The van der Waals surface area contributed by atoms with Crippen LogP contribution in [0.3, 0.4) is 0 Å². The lowest BCUT2D eigenvalue weighted by molar-refractivity contribution is -0.0701. The first-order valence-electron chi connectivity index (χ1n) is 6.31. The summed E-state index contributed by atoms with van der Waals surface area (Å²) in [5.74, 6) is 3.53. The van der Waals surface area contributed by atoms with Gasteiger partial charge in [-0.15, -0.1) is 0 Å². The van der Waals surface area contributed by atoms with Crippen LogP contribution in [0.1, 0.15) is 32.1 Å². The van der Waals surface area contributed by atoms with E-state index in [0.29, 0.717) is 0 Å². The van der Waals surface area contributed by atoms with Gasteiger partial charge in [0.15, 0.2) is 0 Å². The third kappa shape index (κ3) is 2.51. The van der Waals surface area contributed by atoms with Crippen LogP contribution in [0.4, 0.5) is 0 Å². The second-order valence-corrected chi connectivity index (χ2v) is 6.48. The highest BCUT2D eigenvalue weighted by Gasteiger charge is 2.40. The first-order valence-corrected chi connectivity index (χ1v) is 7.47. The second kappa shape index (κ2) is 4.27. The van der Waals surface area contributed by atoms with Crippen LogP contribution in [-0.4, -0.2) is 36.3 Å². The van der Waals surface area contributed by atoms with Crippen LogP contribution in [-0.2, 0) is 4.74 Å². The summed E-state index contributed by atoms with van der Waals surface area (Å²) in [5, 5.41) is 3.75. The van der Waals surface area contributed by atoms with Gasteiger partial charge >= 0.3 is 0 Å². The second-order valence-electron chi connectivity index (χ2n) is 5.38. The molecule has 3 heteroatoms. The van der Waals surface area contributed by atoms with Crippen molar-refractivity contribution in [2.24, 2.45) is 5.92 Å². The third-order valence-corrected chi connectivity index (χ3v) is 5.18. The minimum Gasteiger partial charge on any atom is -0.374 e. The predicted molar refractivity (Wildman–Crippen MR) is 64.4 cm³/mol. The Bertz CT molecular complexity index is 224. The Balaban J connectivity index is 1.51. The number of hydrogen-bond acceptors (Lipinski definition) is 3. The lowest BCUT2D eigenvalue weighted by Crippen LogP contribution is -2.47. The van der Waals surface area contributed by atoms with Crippen molar-refractivity contribution in [3.63, 3.8) is 0 Å². The van der Waals surface area contributed by atoms with E-state index in [4.69, 9.17) is 4.74 Å². The largest absolute Gasteiger partial charge is 0.374 e. The monoisotopic (exact) mass is 227 g/mol. The van der Waals surface area contributed by atoms with Gasteiger partial charge in [-0.2, -0.15) is 11.8 Å². The topological polar surface area (TPSA) is 21.3 Å². The Morgan fingerprint density at radius 3 is 3.00 bits per heavy atom. The molecule has 86 valence electrons. The zero-order valence-corrected chi connectivity index (χ0v) is 10.2. The predicted octanol–water partition coefficient (Wildman–Crippen LogP) is 2.04. The molecular formula is C12H21NOS. The third-order valence-electron chi connectivity index (χ3n) is 3.95. The number of hydrogen-bond donors (Lipinski definition) is 1. The van der Waals surface area contributed by atoms with Crippen LogP contribution in [0, 0.1) is 5.92 Å². The molecule has 0 bridgehead atoms. The molecule has 0 aromatic rings. The SMILES string of the molecule is C1CC(NCC2CC2)CC2(CCSC2)O1. The van der Waals surface area contributed by atoms with Gasteiger partial charge in [0.25, 0.3) is 0 Å². The number of ether oxygens (including phenoxy) is 1. The summed E-state index contributed by atoms with van der Waals surface area (Å²) >= 11 is 2.07. The van der Waals surface area contributed by atoms with Gasteiger partial charge < -0.3 is 10.1 Å². The average molecular weight is 227 g/mol. The molecule has 3 aliphatic rings. The summed E-state index contributed by atoms with van der Waals surface area (Å²) in [6, 6.07) is 0.734. The standard InChI is InChI=1S/C12H21NOS/c1-2-10(1)8-13-11-3-5-14-12(7-11)4-6-15-9-12/h10-11,13H,1-9H2. The van der Waals surface area contributed by atoms with Crippen LogP contribution in [0.25, 0.3) is 0 Å². The van der Waals surface area contributed by atoms with Gasteiger partial charge in [0, 0.05) is 18.4 Å². The van der Waals surface area contributed by atoms with Crippen LogP contribution in [0.5, 0.6) is 0 Å². The van der Waals surface area contributed by atoms with Crippen LogP contribution >= 0.6 is 11.8 Å². The summed E-state index contributed by atoms with van der Waals surface area (Å²) in [7, 11) is 0. The van der Waals surface area contributed by atoms with Gasteiger partial charge in [0.1, 0.15) is 0 Å². The number of rotatable bonds is 3. The Morgan fingerprint density at radius 2 is 2.27 bits per heavy atom. The van der Waals surface area contributed by atoms with Crippen LogP contribution in [0.2, 0.25) is 0 Å². The maximum atomic E-state index is 6.02. The molecule has 0 radical (unpaired) electrons. The van der Waals surface area contributed by atoms with Crippen LogP contribution in [0.15, 0.2) is 0 Å². The van der Waals surface area contributed by atoms with Crippen molar-refractivity contribution < 1.29 is 4.74 Å². The lowest BCUT2D eigenvalue weighted by Gasteiger charge is -2.38. The van der Waals surface area contributed by atoms with Crippen LogP contribution < -0.4 is 5.32 Å². The van der Waals surface area contributed by atoms with Crippen molar-refractivity contribution in [2.75, 3.05) is 24.7 Å². The summed E-state index contributed by atoms with van der Waals surface area (Å²) in [6.07, 6.45) is 6.67. The highest BCUT2D eigenvalue weighted by Crippen LogP contribution is 2.38. The van der Waals surface area contributed by atoms with E-state index in [9.17, 15) is 0 Å². The van der Waals surface area contributed by atoms with E-state index in [1.54, 1.807) is 0 Å². The highest BCUT2D eigenvalue weighted by atomic mass is 32.2. The van der Waals surface area contributed by atoms with Crippen molar-refractivity contribution in [2.45, 2.75) is 43.7 Å². The first kappa shape index (κ1) is 10.4. The molecule has 2 nitrogen and oxygen atoms in total. The molecule has 2 unspecified atom stereocenters. The summed E-state index contributed by atoms with van der Waals surface area (Å²) < 4.78 is 6.02. The summed E-state index contributed by atoms with van der Waals surface area (Å²) in [6.45, 7) is 2.23. The van der Waals surface area contributed by atoms with Gasteiger partial charge in [0.05, 0.1) is 5.60 Å². The highest BCUT2D eigenvalue weighted by molar-refractivity contribution is 7.99. The Hall–Kier alpha value is 0.270. The van der Waals surface area contributed by atoms with Gasteiger partial charge in [-0.3, -0.25) is 0 Å². The molecule has 1 N–H and O–H groups in total. The summed E-state index contributed by atoms with van der Waals surface area (Å²) in [4.78, 5) is 0. The van der Waals surface area contributed by atoms with Gasteiger partial charge in [-0.05, 0) is 50.3 Å². The van der Waals surface area contributed by atoms with Crippen molar-refractivity contribution in [1.29, 1.82) is 0 Å². The lowest BCUT2D eigenvalue weighted by atomic mass is 9.90. The fourth-order valence-corrected chi connectivity index (χ4v) is 4.10. The fraction of sp³-hybridized carbons (Fsp3) is 1.00. The van der Waals surface area contributed by atoms with E-state index < -0.39 is 0 Å². The molecule has 2 saturated heterocycles. The first-order chi connectivity index (χ1) is 7.36. The molecule has 3 rings (SSSR count). The molecular weight excluding hydrogens is 206 g/mol. The molecule has 1 saturated carbocycles. The molecule has 1 aliphatic carbocycles. The molecule has 0 amide bonds. The molecule has 2 atom stereocenters. The summed E-state index contributed by atoms with van der Waals surface area (Å²) in [5.41, 5.74) is 0.254. The molecule has 2 aliphatic heterocycles. The normalized spacial score (nSPS) is 41.2. The van der Waals surface area contributed by atoms with Gasteiger partial charge in [0.2, 0.25) is 0 Å². The van der Waals surface area contributed by atoms with Crippen molar-refractivity contribution >= 4 is 11.8 Å². The van der Waals surface area contributed by atoms with E-state index in [0.717, 1.165) is 18.6 Å². The van der Waals surface area contributed by atoms with E-state index >= 15 is 0 Å². The molecule has 15 heavy (non-hydrogen) atoms. The van der Waals surface area contributed by atoms with E-state index in [1.807, 2.05) is 0 Å². The van der Waals surface area contributed by atoms with Crippen molar-refractivity contribution in [1.82, 2.24) is 5.32 Å². The maximum absolute atomic E-state index is 6.02. The fourth-order valence-electron chi connectivity index (χ4n) is 2.72. The molecule has 2 heterocycles. The zero-order chi connectivity index (χ0) is 10.1. The van der Waals surface area contributed by atoms with Gasteiger partial charge in [-0.25, -0.2) is 0 Å². The Labute approximate surface area is 96.5 Å². The Morgan fingerprint density at radius 1 is 1.33 bits per heavy atom. The average Bonchev–Trinajstić information content (AvgIpc) is 2.99. The molecule has 3 fully saturated rings. The quantitative estimate of drug-likeness (QED) is 0.797. The van der Waals surface area contributed by atoms with Crippen molar-refractivity contribution in [3.8, 4) is 0 Å². The van der Waals surface area contributed by atoms with E-state index in [2.05, 4.69) is 17.1 Å². The number of nitrogens with one attached hydrogen (secondary N) is 1. The zero-order valence-electron chi connectivity index (χ0n) is 9.34. The van der Waals surface area contributed by atoms with E-state index in [-0.39, 0.29) is 5.60 Å². The minimum absolute atomic E-state index is 0.254. The minimum atomic E-state index is 0.254. The Kier molecular flexibility index (Phi) is 2.97.